The lowest BCUT2D eigenvalue weighted by molar-refractivity contribution is -0.122. The van der Waals surface area contributed by atoms with Crippen molar-refractivity contribution in [2.24, 2.45) is 0 Å². The largest absolute Gasteiger partial charge is 0.478 e. The highest BCUT2D eigenvalue weighted by molar-refractivity contribution is 5.87. The first-order valence-electron chi connectivity index (χ1n) is 7.69. The molecule has 0 saturated heterocycles. The molecule has 0 bridgehead atoms. The van der Waals surface area contributed by atoms with Crippen LogP contribution in [-0.4, -0.2) is 36.2 Å². The van der Waals surface area contributed by atoms with Crippen LogP contribution in [0.5, 0.6) is 0 Å². The van der Waals surface area contributed by atoms with Gasteiger partial charge in [0.05, 0.1) is 17.6 Å². The third-order valence-corrected chi connectivity index (χ3v) is 4.37. The van der Waals surface area contributed by atoms with Gasteiger partial charge in [-0.05, 0) is 30.5 Å². The number of aromatic carboxylic acids is 1. The summed E-state index contributed by atoms with van der Waals surface area (Å²) >= 11 is 0. The summed E-state index contributed by atoms with van der Waals surface area (Å²) in [5, 5.41) is 11.8. The van der Waals surface area contributed by atoms with Gasteiger partial charge in [-0.2, -0.15) is 0 Å². The minimum atomic E-state index is -0.963. The highest BCUT2D eigenvalue weighted by Gasteiger charge is 2.32. The number of carboxylic acids is 1. The van der Waals surface area contributed by atoms with Crippen LogP contribution in [0.1, 0.15) is 48.0 Å². The van der Waals surface area contributed by atoms with Gasteiger partial charge in [-0.25, -0.2) is 4.79 Å². The van der Waals surface area contributed by atoms with Crippen molar-refractivity contribution >= 4 is 11.9 Å². The molecule has 120 valence electrons. The smallest absolute Gasteiger partial charge is 0.335 e. The fourth-order valence-electron chi connectivity index (χ4n) is 2.92. The van der Waals surface area contributed by atoms with Gasteiger partial charge in [-0.3, -0.25) is 4.79 Å². The molecule has 0 aliphatic heterocycles. The zero-order valence-electron chi connectivity index (χ0n) is 12.9. The van der Waals surface area contributed by atoms with Gasteiger partial charge in [-0.1, -0.05) is 31.4 Å². The molecule has 0 aromatic heterocycles. The van der Waals surface area contributed by atoms with Gasteiger partial charge >= 0.3 is 5.97 Å². The van der Waals surface area contributed by atoms with Crippen LogP contribution in [0.4, 0.5) is 0 Å². The number of benzene rings is 1. The summed E-state index contributed by atoms with van der Waals surface area (Å²) in [4.78, 5) is 22.8. The maximum atomic E-state index is 12.0. The van der Waals surface area contributed by atoms with Crippen LogP contribution in [0.3, 0.4) is 0 Å². The highest BCUT2D eigenvalue weighted by atomic mass is 16.5. The van der Waals surface area contributed by atoms with Crippen molar-refractivity contribution in [1.29, 1.82) is 0 Å². The number of rotatable bonds is 6. The summed E-state index contributed by atoms with van der Waals surface area (Å²) < 4.78 is 5.64. The van der Waals surface area contributed by atoms with Crippen LogP contribution in [0.2, 0.25) is 0 Å². The van der Waals surface area contributed by atoms with Gasteiger partial charge in [0.25, 0.3) is 0 Å². The Bertz CT molecular complexity index is 518. The molecule has 1 fully saturated rings. The van der Waals surface area contributed by atoms with Crippen molar-refractivity contribution in [3.63, 3.8) is 0 Å². The Morgan fingerprint density at radius 1 is 1.18 bits per heavy atom. The summed E-state index contributed by atoms with van der Waals surface area (Å²) in [6, 6.07) is 6.39. The molecule has 0 atom stereocenters. The molecule has 1 aliphatic rings. The SMILES string of the molecule is COC1(CNC(=O)Cc2ccc(C(=O)O)cc2)CCCCC1. The number of nitrogens with one attached hydrogen (secondary N) is 1. The molecule has 2 rings (SSSR count). The molecular formula is C17H23NO4. The van der Waals surface area contributed by atoms with E-state index in [9.17, 15) is 9.59 Å². The van der Waals surface area contributed by atoms with E-state index in [2.05, 4.69) is 5.32 Å². The summed E-state index contributed by atoms with van der Waals surface area (Å²) in [6.07, 6.45) is 5.73. The van der Waals surface area contributed by atoms with Gasteiger partial charge < -0.3 is 15.2 Å². The number of carbonyl (C=O) groups excluding carboxylic acids is 1. The monoisotopic (exact) mass is 305 g/mol. The molecule has 0 unspecified atom stereocenters. The van der Waals surface area contributed by atoms with E-state index < -0.39 is 5.97 Å². The number of hydrogen-bond acceptors (Lipinski definition) is 3. The van der Waals surface area contributed by atoms with E-state index in [4.69, 9.17) is 9.84 Å². The zero-order valence-corrected chi connectivity index (χ0v) is 12.9. The van der Waals surface area contributed by atoms with Gasteiger partial charge in [0.2, 0.25) is 5.91 Å². The summed E-state index contributed by atoms with van der Waals surface area (Å²) in [5.41, 5.74) is 0.809. The average Bonchev–Trinajstić information content (AvgIpc) is 2.54. The van der Waals surface area contributed by atoms with E-state index in [-0.39, 0.29) is 23.5 Å². The lowest BCUT2D eigenvalue weighted by Gasteiger charge is -2.36. The first-order chi connectivity index (χ1) is 10.5. The summed E-state index contributed by atoms with van der Waals surface area (Å²) in [5.74, 6) is -1.03. The van der Waals surface area contributed by atoms with Crippen molar-refractivity contribution in [1.82, 2.24) is 5.32 Å². The molecule has 22 heavy (non-hydrogen) atoms. The molecular weight excluding hydrogens is 282 g/mol. The Kier molecular flexibility index (Phi) is 5.55. The van der Waals surface area contributed by atoms with E-state index in [0.29, 0.717) is 6.54 Å². The molecule has 1 amide bonds. The van der Waals surface area contributed by atoms with Crippen LogP contribution in [0, 0.1) is 0 Å². The fraction of sp³-hybridized carbons (Fsp3) is 0.529. The normalized spacial score (nSPS) is 17.0. The molecule has 1 aliphatic carbocycles. The second-order valence-electron chi connectivity index (χ2n) is 5.90. The van der Waals surface area contributed by atoms with Crippen molar-refractivity contribution in [2.45, 2.75) is 44.1 Å². The second-order valence-corrected chi connectivity index (χ2v) is 5.90. The molecule has 0 heterocycles. The first kappa shape index (κ1) is 16.5. The van der Waals surface area contributed by atoms with E-state index >= 15 is 0 Å². The lowest BCUT2D eigenvalue weighted by atomic mass is 9.84. The number of hydrogen-bond donors (Lipinski definition) is 2. The molecule has 0 spiro atoms. The molecule has 1 aromatic rings. The molecule has 2 N–H and O–H groups in total. The van der Waals surface area contributed by atoms with Crippen LogP contribution >= 0.6 is 0 Å². The minimum Gasteiger partial charge on any atom is -0.478 e. The maximum Gasteiger partial charge on any atom is 0.335 e. The van der Waals surface area contributed by atoms with Gasteiger partial charge in [-0.15, -0.1) is 0 Å². The van der Waals surface area contributed by atoms with Crippen LogP contribution in [0.15, 0.2) is 24.3 Å². The second kappa shape index (κ2) is 7.40. The Morgan fingerprint density at radius 3 is 2.36 bits per heavy atom. The molecule has 1 aromatic carbocycles. The van der Waals surface area contributed by atoms with Crippen LogP contribution in [0.25, 0.3) is 0 Å². The Hall–Kier alpha value is -1.88. The number of carbonyl (C=O) groups is 2. The quantitative estimate of drug-likeness (QED) is 0.846. The van der Waals surface area contributed by atoms with E-state index in [1.165, 1.54) is 18.6 Å². The van der Waals surface area contributed by atoms with Crippen molar-refractivity contribution in [2.75, 3.05) is 13.7 Å². The molecule has 5 nitrogen and oxygen atoms in total. The predicted molar refractivity (Wildman–Crippen MR) is 82.9 cm³/mol. The maximum absolute atomic E-state index is 12.0. The molecule has 5 heteroatoms. The lowest BCUT2D eigenvalue weighted by Crippen LogP contribution is -2.46. The van der Waals surface area contributed by atoms with Crippen molar-refractivity contribution in [3.05, 3.63) is 35.4 Å². The van der Waals surface area contributed by atoms with Crippen molar-refractivity contribution < 1.29 is 19.4 Å². The summed E-state index contributed by atoms with van der Waals surface area (Å²) in [7, 11) is 1.71. The number of carboxylic acid groups (broad SMARTS) is 1. The number of ether oxygens (including phenoxy) is 1. The van der Waals surface area contributed by atoms with E-state index in [1.807, 2.05) is 0 Å². The van der Waals surface area contributed by atoms with Crippen molar-refractivity contribution in [3.8, 4) is 0 Å². The Morgan fingerprint density at radius 2 is 1.82 bits per heavy atom. The average molecular weight is 305 g/mol. The minimum absolute atomic E-state index is 0.0647. The van der Waals surface area contributed by atoms with Crippen LogP contribution < -0.4 is 5.32 Å². The fourth-order valence-corrected chi connectivity index (χ4v) is 2.92. The summed E-state index contributed by atoms with van der Waals surface area (Å²) in [6.45, 7) is 0.537. The number of amides is 1. The Balaban J connectivity index is 1.85. The third kappa shape index (κ3) is 4.31. The third-order valence-electron chi connectivity index (χ3n) is 4.37. The van der Waals surface area contributed by atoms with E-state index in [0.717, 1.165) is 31.2 Å². The first-order valence-corrected chi connectivity index (χ1v) is 7.69. The van der Waals surface area contributed by atoms with Gasteiger partial charge in [0, 0.05) is 13.7 Å². The van der Waals surface area contributed by atoms with Gasteiger partial charge in [0.15, 0.2) is 0 Å². The van der Waals surface area contributed by atoms with Gasteiger partial charge in [0.1, 0.15) is 0 Å². The zero-order chi connectivity index (χ0) is 16.0. The predicted octanol–water partition coefficient (Wildman–Crippen LogP) is 2.39. The highest BCUT2D eigenvalue weighted by Crippen LogP contribution is 2.30. The number of methoxy groups -OCH3 is 1. The standard InChI is InChI=1S/C17H23NO4/c1-22-17(9-3-2-4-10-17)12-18-15(19)11-13-5-7-14(8-6-13)16(20)21/h5-8H,2-4,9-12H2,1H3,(H,18,19)(H,20,21). The topological polar surface area (TPSA) is 75.6 Å². The van der Waals surface area contributed by atoms with E-state index in [1.54, 1.807) is 19.2 Å². The molecule has 1 saturated carbocycles. The molecule has 0 radical (unpaired) electrons. The van der Waals surface area contributed by atoms with Crippen LogP contribution in [-0.2, 0) is 16.0 Å². The Labute approximate surface area is 130 Å².